The van der Waals surface area contributed by atoms with Gasteiger partial charge in [-0.1, -0.05) is 0 Å². The standard InChI is InChI=1S/C11H16N2O3/c1-2-16-11(15)8-10(14)4-3-6-13-7-5-12-9-13/h5,7,9H,2-4,6,8H2,1H3. The van der Waals surface area contributed by atoms with Crippen molar-refractivity contribution in [3.05, 3.63) is 18.7 Å². The van der Waals surface area contributed by atoms with Gasteiger partial charge in [0.1, 0.15) is 12.2 Å². The summed E-state index contributed by atoms with van der Waals surface area (Å²) in [5.41, 5.74) is 0. The minimum atomic E-state index is -0.435. The van der Waals surface area contributed by atoms with Crippen LogP contribution in [0.15, 0.2) is 18.7 Å². The van der Waals surface area contributed by atoms with Crippen molar-refractivity contribution in [1.82, 2.24) is 9.55 Å². The molecule has 1 rings (SSSR count). The van der Waals surface area contributed by atoms with E-state index in [2.05, 4.69) is 9.72 Å². The lowest BCUT2D eigenvalue weighted by molar-refractivity contribution is -0.145. The lowest BCUT2D eigenvalue weighted by atomic mass is 10.1. The van der Waals surface area contributed by atoms with Gasteiger partial charge in [-0.15, -0.1) is 0 Å². The van der Waals surface area contributed by atoms with Crippen molar-refractivity contribution in [3.8, 4) is 0 Å². The van der Waals surface area contributed by atoms with Gasteiger partial charge in [0.15, 0.2) is 0 Å². The molecule has 0 unspecified atom stereocenters. The van der Waals surface area contributed by atoms with Gasteiger partial charge in [-0.3, -0.25) is 9.59 Å². The van der Waals surface area contributed by atoms with Crippen LogP contribution in [-0.2, 0) is 20.9 Å². The molecular formula is C11H16N2O3. The van der Waals surface area contributed by atoms with Gasteiger partial charge >= 0.3 is 5.97 Å². The summed E-state index contributed by atoms with van der Waals surface area (Å²) in [6.45, 7) is 2.79. The molecular weight excluding hydrogens is 208 g/mol. The molecule has 0 aliphatic heterocycles. The van der Waals surface area contributed by atoms with Gasteiger partial charge in [0, 0.05) is 25.4 Å². The number of ether oxygens (including phenoxy) is 1. The first kappa shape index (κ1) is 12.4. The van der Waals surface area contributed by atoms with Gasteiger partial charge in [-0.25, -0.2) is 4.98 Å². The van der Waals surface area contributed by atoms with Gasteiger partial charge in [-0.05, 0) is 13.3 Å². The minimum absolute atomic E-state index is 0.0708. The first-order valence-corrected chi connectivity index (χ1v) is 5.35. The molecule has 0 amide bonds. The second kappa shape index (κ2) is 6.76. The number of Topliss-reactive ketones (excluding diaryl/α,β-unsaturated/α-hetero) is 1. The highest BCUT2D eigenvalue weighted by Crippen LogP contribution is 2.00. The summed E-state index contributed by atoms with van der Waals surface area (Å²) in [7, 11) is 0. The van der Waals surface area contributed by atoms with Crippen molar-refractivity contribution in [2.45, 2.75) is 32.7 Å². The lowest BCUT2D eigenvalue weighted by Gasteiger charge is -2.02. The van der Waals surface area contributed by atoms with Gasteiger partial charge < -0.3 is 9.30 Å². The van der Waals surface area contributed by atoms with Gasteiger partial charge in [0.2, 0.25) is 0 Å². The number of esters is 1. The SMILES string of the molecule is CCOC(=O)CC(=O)CCCn1ccnc1. The summed E-state index contributed by atoms with van der Waals surface area (Å²) in [5, 5.41) is 0. The molecule has 1 aromatic rings. The number of hydrogen-bond acceptors (Lipinski definition) is 4. The molecule has 5 nitrogen and oxygen atoms in total. The normalized spacial score (nSPS) is 10.1. The Morgan fingerprint density at radius 1 is 1.44 bits per heavy atom. The molecule has 5 heteroatoms. The van der Waals surface area contributed by atoms with E-state index >= 15 is 0 Å². The smallest absolute Gasteiger partial charge is 0.313 e. The van der Waals surface area contributed by atoms with Crippen LogP contribution in [0.3, 0.4) is 0 Å². The molecule has 1 heterocycles. The van der Waals surface area contributed by atoms with Crippen LogP contribution in [0.4, 0.5) is 0 Å². The van der Waals surface area contributed by atoms with Crippen LogP contribution in [0.2, 0.25) is 0 Å². The Balaban J connectivity index is 2.13. The predicted molar refractivity (Wildman–Crippen MR) is 57.7 cm³/mol. The maximum Gasteiger partial charge on any atom is 0.313 e. The van der Waals surface area contributed by atoms with Crippen molar-refractivity contribution in [1.29, 1.82) is 0 Å². The highest BCUT2D eigenvalue weighted by atomic mass is 16.5. The zero-order valence-electron chi connectivity index (χ0n) is 9.39. The zero-order valence-corrected chi connectivity index (χ0v) is 9.39. The summed E-state index contributed by atoms with van der Waals surface area (Å²) in [4.78, 5) is 26.2. The minimum Gasteiger partial charge on any atom is -0.466 e. The fourth-order valence-corrected chi connectivity index (χ4v) is 1.34. The van der Waals surface area contributed by atoms with Crippen LogP contribution in [0.1, 0.15) is 26.2 Å². The van der Waals surface area contributed by atoms with Crippen LogP contribution in [-0.4, -0.2) is 27.9 Å². The highest BCUT2D eigenvalue weighted by molar-refractivity contribution is 5.95. The predicted octanol–water partition coefficient (Wildman–Crippen LogP) is 1.19. The molecule has 0 spiro atoms. The van der Waals surface area contributed by atoms with E-state index in [-0.39, 0.29) is 12.2 Å². The molecule has 88 valence electrons. The summed E-state index contributed by atoms with van der Waals surface area (Å²) in [5.74, 6) is -0.506. The number of carbonyl (C=O) groups is 2. The Kier molecular flexibility index (Phi) is 5.25. The van der Waals surface area contributed by atoms with Crippen LogP contribution in [0.5, 0.6) is 0 Å². The highest BCUT2D eigenvalue weighted by Gasteiger charge is 2.09. The number of rotatable bonds is 7. The first-order chi connectivity index (χ1) is 7.72. The van der Waals surface area contributed by atoms with Crippen molar-refractivity contribution in [2.24, 2.45) is 0 Å². The van der Waals surface area contributed by atoms with E-state index in [1.54, 1.807) is 19.4 Å². The van der Waals surface area contributed by atoms with Crippen LogP contribution < -0.4 is 0 Å². The van der Waals surface area contributed by atoms with Crippen LogP contribution >= 0.6 is 0 Å². The third kappa shape index (κ3) is 4.72. The molecule has 16 heavy (non-hydrogen) atoms. The van der Waals surface area contributed by atoms with E-state index in [1.807, 2.05) is 10.8 Å². The number of aryl methyl sites for hydroxylation is 1. The molecule has 0 aliphatic carbocycles. The Bertz CT molecular complexity index is 333. The number of nitrogens with zero attached hydrogens (tertiary/aromatic N) is 2. The Hall–Kier alpha value is -1.65. The maximum atomic E-state index is 11.3. The fraction of sp³-hybridized carbons (Fsp3) is 0.545. The monoisotopic (exact) mass is 224 g/mol. The fourth-order valence-electron chi connectivity index (χ4n) is 1.34. The Morgan fingerprint density at radius 3 is 2.88 bits per heavy atom. The van der Waals surface area contributed by atoms with Gasteiger partial charge in [0.05, 0.1) is 12.9 Å². The van der Waals surface area contributed by atoms with E-state index in [0.29, 0.717) is 19.4 Å². The molecule has 0 N–H and O–H groups in total. The van der Waals surface area contributed by atoms with Crippen molar-refractivity contribution >= 4 is 11.8 Å². The zero-order chi connectivity index (χ0) is 11.8. The van der Waals surface area contributed by atoms with E-state index in [4.69, 9.17) is 0 Å². The van der Waals surface area contributed by atoms with Gasteiger partial charge in [-0.2, -0.15) is 0 Å². The summed E-state index contributed by atoms with van der Waals surface area (Å²) in [6.07, 6.45) is 6.25. The summed E-state index contributed by atoms with van der Waals surface area (Å²) < 4.78 is 6.59. The molecule has 0 aliphatic rings. The average Bonchev–Trinajstić information content (AvgIpc) is 2.70. The lowest BCUT2D eigenvalue weighted by Crippen LogP contribution is -2.11. The second-order valence-corrected chi connectivity index (χ2v) is 3.42. The number of aromatic nitrogens is 2. The molecule has 0 bridgehead atoms. The Labute approximate surface area is 94.4 Å². The van der Waals surface area contributed by atoms with Crippen molar-refractivity contribution < 1.29 is 14.3 Å². The second-order valence-electron chi connectivity index (χ2n) is 3.42. The van der Waals surface area contributed by atoms with Gasteiger partial charge in [0.25, 0.3) is 0 Å². The Morgan fingerprint density at radius 2 is 2.25 bits per heavy atom. The molecule has 0 saturated heterocycles. The molecule has 0 aromatic carbocycles. The van der Waals surface area contributed by atoms with Crippen LogP contribution in [0.25, 0.3) is 0 Å². The maximum absolute atomic E-state index is 11.3. The molecule has 0 fully saturated rings. The topological polar surface area (TPSA) is 61.2 Å². The van der Waals surface area contributed by atoms with E-state index in [0.717, 1.165) is 6.54 Å². The summed E-state index contributed by atoms with van der Waals surface area (Å²) in [6, 6.07) is 0. The third-order valence-corrected chi connectivity index (χ3v) is 2.08. The molecule has 0 atom stereocenters. The number of ketones is 1. The first-order valence-electron chi connectivity index (χ1n) is 5.35. The molecule has 1 aromatic heterocycles. The van der Waals surface area contributed by atoms with E-state index in [9.17, 15) is 9.59 Å². The largest absolute Gasteiger partial charge is 0.466 e. The van der Waals surface area contributed by atoms with Crippen LogP contribution in [0, 0.1) is 0 Å². The van der Waals surface area contributed by atoms with E-state index in [1.165, 1.54) is 0 Å². The number of hydrogen-bond donors (Lipinski definition) is 0. The molecule has 0 saturated carbocycles. The summed E-state index contributed by atoms with van der Waals surface area (Å²) >= 11 is 0. The van der Waals surface area contributed by atoms with Crippen molar-refractivity contribution in [3.63, 3.8) is 0 Å². The molecule has 0 radical (unpaired) electrons. The number of carbonyl (C=O) groups excluding carboxylic acids is 2. The van der Waals surface area contributed by atoms with E-state index < -0.39 is 5.97 Å². The van der Waals surface area contributed by atoms with Crippen molar-refractivity contribution in [2.75, 3.05) is 6.61 Å². The average molecular weight is 224 g/mol. The third-order valence-electron chi connectivity index (χ3n) is 2.08. The quantitative estimate of drug-likeness (QED) is 0.515. The number of imidazole rings is 1.